The van der Waals surface area contributed by atoms with E-state index in [0.717, 1.165) is 10.3 Å². The molecule has 0 fully saturated rings. The third-order valence-corrected chi connectivity index (χ3v) is 1.75. The lowest BCUT2D eigenvalue weighted by molar-refractivity contribution is 0.930. The van der Waals surface area contributed by atoms with Crippen molar-refractivity contribution in [2.45, 2.75) is 13.0 Å². The predicted octanol–water partition coefficient (Wildman–Crippen LogP) is 2.20. The third kappa shape index (κ3) is 3.15. The van der Waals surface area contributed by atoms with Gasteiger partial charge in [-0.3, -0.25) is 0 Å². The largest absolute Gasteiger partial charge is 0.325 e. The summed E-state index contributed by atoms with van der Waals surface area (Å²) in [5.74, 6) is 0. The number of aromatic nitrogens is 1. The highest BCUT2D eigenvalue weighted by atomic mass is 79.9. The van der Waals surface area contributed by atoms with Crippen molar-refractivity contribution in [3.05, 3.63) is 34.6 Å². The van der Waals surface area contributed by atoms with Crippen LogP contribution in [0.15, 0.2) is 28.9 Å². The zero-order valence-electron chi connectivity index (χ0n) is 6.87. The molecule has 1 aromatic heterocycles. The Bertz CT molecular complexity index is 282. The Labute approximate surface area is 80.6 Å². The smallest absolute Gasteiger partial charge is 0.106 e. The van der Waals surface area contributed by atoms with Crippen LogP contribution in [0.3, 0.4) is 0 Å². The molecule has 64 valence electrons. The second kappa shape index (κ2) is 4.38. The maximum atomic E-state index is 5.55. The van der Waals surface area contributed by atoms with Gasteiger partial charge in [0.1, 0.15) is 4.60 Å². The van der Waals surface area contributed by atoms with Crippen molar-refractivity contribution in [2.75, 3.05) is 0 Å². The molecule has 2 nitrogen and oxygen atoms in total. The summed E-state index contributed by atoms with van der Waals surface area (Å²) in [6.45, 7) is 1.93. The maximum absolute atomic E-state index is 5.55. The molecule has 0 aliphatic heterocycles. The summed E-state index contributed by atoms with van der Waals surface area (Å²) < 4.78 is 0.842. The average Bonchev–Trinajstić information content (AvgIpc) is 2.01. The van der Waals surface area contributed by atoms with Gasteiger partial charge in [0.25, 0.3) is 0 Å². The van der Waals surface area contributed by atoms with Gasteiger partial charge in [-0.2, -0.15) is 0 Å². The Morgan fingerprint density at radius 1 is 1.58 bits per heavy atom. The van der Waals surface area contributed by atoms with Gasteiger partial charge in [0.05, 0.1) is 5.69 Å². The van der Waals surface area contributed by atoms with E-state index in [1.54, 1.807) is 0 Å². The number of pyridine rings is 1. The Morgan fingerprint density at radius 3 is 2.92 bits per heavy atom. The van der Waals surface area contributed by atoms with E-state index in [4.69, 9.17) is 5.73 Å². The van der Waals surface area contributed by atoms with Crippen LogP contribution in [0.25, 0.3) is 6.08 Å². The van der Waals surface area contributed by atoms with Gasteiger partial charge >= 0.3 is 0 Å². The van der Waals surface area contributed by atoms with Crippen LogP contribution in [0, 0.1) is 0 Å². The van der Waals surface area contributed by atoms with Crippen LogP contribution in [-0.4, -0.2) is 11.0 Å². The second-order valence-electron chi connectivity index (χ2n) is 2.60. The van der Waals surface area contributed by atoms with Crippen LogP contribution < -0.4 is 5.73 Å². The molecule has 0 aliphatic rings. The first-order valence-corrected chi connectivity index (χ1v) is 4.54. The second-order valence-corrected chi connectivity index (χ2v) is 3.42. The molecule has 3 heteroatoms. The van der Waals surface area contributed by atoms with E-state index in [1.807, 2.05) is 37.3 Å². The molecule has 12 heavy (non-hydrogen) atoms. The van der Waals surface area contributed by atoms with Crippen molar-refractivity contribution in [3.8, 4) is 0 Å². The quantitative estimate of drug-likeness (QED) is 0.786. The van der Waals surface area contributed by atoms with Gasteiger partial charge in [0, 0.05) is 6.04 Å². The first kappa shape index (κ1) is 9.42. The minimum Gasteiger partial charge on any atom is -0.325 e. The molecule has 0 spiro atoms. The first-order chi connectivity index (χ1) is 5.68. The lowest BCUT2D eigenvalue weighted by Gasteiger charge is -1.95. The van der Waals surface area contributed by atoms with Gasteiger partial charge in [0.2, 0.25) is 0 Å². The van der Waals surface area contributed by atoms with Crippen molar-refractivity contribution < 1.29 is 0 Å². The molecule has 1 unspecified atom stereocenters. The normalized spacial score (nSPS) is 13.6. The Balaban J connectivity index is 2.76. The SMILES string of the molecule is CC(N)/C=C/c1cccc(Br)n1. The molecule has 0 radical (unpaired) electrons. The Hall–Kier alpha value is -0.670. The van der Waals surface area contributed by atoms with E-state index in [0.29, 0.717) is 0 Å². The fraction of sp³-hybridized carbons (Fsp3) is 0.222. The number of hydrogen-bond donors (Lipinski definition) is 1. The van der Waals surface area contributed by atoms with Crippen LogP contribution in [-0.2, 0) is 0 Å². The summed E-state index contributed by atoms with van der Waals surface area (Å²) >= 11 is 3.29. The summed E-state index contributed by atoms with van der Waals surface area (Å²) in [5, 5.41) is 0. The summed E-state index contributed by atoms with van der Waals surface area (Å²) in [4.78, 5) is 4.22. The molecule has 0 saturated carbocycles. The van der Waals surface area contributed by atoms with Gasteiger partial charge in [-0.15, -0.1) is 0 Å². The summed E-state index contributed by atoms with van der Waals surface area (Å²) in [6, 6.07) is 5.84. The lowest BCUT2D eigenvalue weighted by Crippen LogP contribution is -2.09. The fourth-order valence-corrected chi connectivity index (χ4v) is 1.12. The molecular formula is C9H11BrN2. The van der Waals surface area contributed by atoms with E-state index >= 15 is 0 Å². The van der Waals surface area contributed by atoms with Gasteiger partial charge in [-0.05, 0) is 41.1 Å². The molecular weight excluding hydrogens is 216 g/mol. The van der Waals surface area contributed by atoms with E-state index in [9.17, 15) is 0 Å². The molecule has 0 amide bonds. The standard InChI is InChI=1S/C9H11BrN2/c1-7(11)5-6-8-3-2-4-9(10)12-8/h2-7H,11H2,1H3/b6-5+. The molecule has 1 heterocycles. The first-order valence-electron chi connectivity index (χ1n) is 3.75. The average molecular weight is 227 g/mol. The highest BCUT2D eigenvalue weighted by Gasteiger charge is 1.90. The van der Waals surface area contributed by atoms with Gasteiger partial charge < -0.3 is 5.73 Å². The van der Waals surface area contributed by atoms with E-state index < -0.39 is 0 Å². The molecule has 1 atom stereocenters. The van der Waals surface area contributed by atoms with Crippen LogP contribution in [0.4, 0.5) is 0 Å². The van der Waals surface area contributed by atoms with E-state index in [-0.39, 0.29) is 6.04 Å². The van der Waals surface area contributed by atoms with Crippen LogP contribution in [0.2, 0.25) is 0 Å². The van der Waals surface area contributed by atoms with Crippen LogP contribution in [0.5, 0.6) is 0 Å². The van der Waals surface area contributed by atoms with Gasteiger partial charge in [-0.25, -0.2) is 4.98 Å². The van der Waals surface area contributed by atoms with Crippen LogP contribution in [0.1, 0.15) is 12.6 Å². The molecule has 1 rings (SSSR count). The topological polar surface area (TPSA) is 38.9 Å². The fourth-order valence-electron chi connectivity index (χ4n) is 0.767. The summed E-state index contributed by atoms with van der Waals surface area (Å²) in [5.41, 5.74) is 6.47. The Kier molecular flexibility index (Phi) is 3.44. The molecule has 1 aromatic rings. The third-order valence-electron chi connectivity index (χ3n) is 1.31. The number of nitrogens with zero attached hydrogens (tertiary/aromatic N) is 1. The van der Waals surface area contributed by atoms with E-state index in [1.165, 1.54) is 0 Å². The van der Waals surface area contributed by atoms with Gasteiger partial charge in [0.15, 0.2) is 0 Å². The molecule has 0 saturated heterocycles. The highest BCUT2D eigenvalue weighted by molar-refractivity contribution is 9.10. The number of rotatable bonds is 2. The molecule has 0 aromatic carbocycles. The van der Waals surface area contributed by atoms with Gasteiger partial charge in [-0.1, -0.05) is 12.1 Å². The van der Waals surface area contributed by atoms with Crippen molar-refractivity contribution in [1.82, 2.24) is 4.98 Å². The van der Waals surface area contributed by atoms with Crippen molar-refractivity contribution in [2.24, 2.45) is 5.73 Å². The van der Waals surface area contributed by atoms with Crippen molar-refractivity contribution >= 4 is 22.0 Å². The van der Waals surface area contributed by atoms with Crippen molar-refractivity contribution in [1.29, 1.82) is 0 Å². The minimum atomic E-state index is 0.0748. The summed E-state index contributed by atoms with van der Waals surface area (Å²) in [7, 11) is 0. The van der Waals surface area contributed by atoms with Crippen LogP contribution >= 0.6 is 15.9 Å². The Morgan fingerprint density at radius 2 is 2.33 bits per heavy atom. The zero-order chi connectivity index (χ0) is 8.97. The maximum Gasteiger partial charge on any atom is 0.106 e. The number of nitrogens with two attached hydrogens (primary N) is 1. The van der Waals surface area contributed by atoms with E-state index in [2.05, 4.69) is 20.9 Å². The minimum absolute atomic E-state index is 0.0748. The highest BCUT2D eigenvalue weighted by Crippen LogP contribution is 2.07. The molecule has 0 aliphatic carbocycles. The van der Waals surface area contributed by atoms with Crippen molar-refractivity contribution in [3.63, 3.8) is 0 Å². The molecule has 2 N–H and O–H groups in total. The zero-order valence-corrected chi connectivity index (χ0v) is 8.45. The molecule has 0 bridgehead atoms. The number of hydrogen-bond acceptors (Lipinski definition) is 2. The number of halogens is 1. The predicted molar refractivity (Wildman–Crippen MR) is 54.6 cm³/mol. The monoisotopic (exact) mass is 226 g/mol. The lowest BCUT2D eigenvalue weighted by atomic mass is 10.2. The summed E-state index contributed by atoms with van der Waals surface area (Å²) in [6.07, 6.45) is 3.82.